The minimum absolute atomic E-state index is 0. The van der Waals surface area contributed by atoms with Crippen LogP contribution in [0.5, 0.6) is 0 Å². The molecule has 1 rings (SSSR count). The number of hydrogen-bond donors (Lipinski definition) is 2. The summed E-state index contributed by atoms with van der Waals surface area (Å²) in [5.74, 6) is -1.55. The minimum atomic E-state index is -4.10. The lowest BCUT2D eigenvalue weighted by Crippen LogP contribution is -2.49. The molecule has 0 aliphatic rings. The first kappa shape index (κ1) is 24.3. The van der Waals surface area contributed by atoms with Crippen LogP contribution in [0.2, 0.25) is 0 Å². The van der Waals surface area contributed by atoms with Crippen LogP contribution < -0.4 is 10.5 Å². The summed E-state index contributed by atoms with van der Waals surface area (Å²) in [4.78, 5) is 23.2. The van der Waals surface area contributed by atoms with Gasteiger partial charge in [0.2, 0.25) is 10.0 Å². The molecule has 1 aromatic rings. The van der Waals surface area contributed by atoms with E-state index >= 15 is 0 Å². The third-order valence-corrected chi connectivity index (χ3v) is 5.56. The van der Waals surface area contributed by atoms with Crippen molar-refractivity contribution in [1.29, 1.82) is 0 Å². The molecule has 0 atom stereocenters. The smallest absolute Gasteiger partial charge is 0.339 e. The SMILES string of the molecule is CCC(N)(CC)CNS(=O)(=O)c1cc(C(=O)OC)ccc1C(=O)OC.Cl. The van der Waals surface area contributed by atoms with Crippen LogP contribution in [-0.4, -0.2) is 46.7 Å². The number of rotatable bonds is 8. The standard InChI is InChI=1S/C16H24N2O6S.ClH/c1-5-16(17,6-2)10-18-25(21,22)13-9-11(14(19)23-3)7-8-12(13)15(20)24-4;/h7-9,18H,5-6,10,17H2,1-4H3;1H. The van der Waals surface area contributed by atoms with Crippen molar-refractivity contribution in [2.24, 2.45) is 5.73 Å². The Morgan fingerprint density at radius 3 is 2.12 bits per heavy atom. The van der Waals surface area contributed by atoms with Crippen molar-refractivity contribution in [3.05, 3.63) is 29.3 Å². The average Bonchev–Trinajstić information content (AvgIpc) is 2.64. The molecule has 0 radical (unpaired) electrons. The summed E-state index contributed by atoms with van der Waals surface area (Å²) in [6.45, 7) is 3.70. The van der Waals surface area contributed by atoms with Crippen molar-refractivity contribution in [1.82, 2.24) is 4.72 Å². The van der Waals surface area contributed by atoms with Gasteiger partial charge in [0.25, 0.3) is 0 Å². The molecule has 0 saturated heterocycles. The van der Waals surface area contributed by atoms with Gasteiger partial charge in [-0.25, -0.2) is 22.7 Å². The molecule has 0 aliphatic carbocycles. The maximum atomic E-state index is 12.7. The predicted molar refractivity (Wildman–Crippen MR) is 99.1 cm³/mol. The van der Waals surface area contributed by atoms with E-state index in [0.717, 1.165) is 13.2 Å². The molecule has 0 spiro atoms. The first-order valence-electron chi connectivity index (χ1n) is 7.73. The topological polar surface area (TPSA) is 125 Å². The first-order valence-corrected chi connectivity index (χ1v) is 9.21. The summed E-state index contributed by atoms with van der Waals surface area (Å²) in [7, 11) is -1.79. The second-order valence-electron chi connectivity index (χ2n) is 5.59. The van der Waals surface area contributed by atoms with E-state index in [1.165, 1.54) is 19.2 Å². The summed E-state index contributed by atoms with van der Waals surface area (Å²) in [6, 6.07) is 3.58. The summed E-state index contributed by atoms with van der Waals surface area (Å²) in [5.41, 5.74) is 5.22. The van der Waals surface area contributed by atoms with Crippen LogP contribution in [-0.2, 0) is 19.5 Å². The zero-order valence-corrected chi connectivity index (χ0v) is 16.8. The van der Waals surface area contributed by atoms with E-state index in [1.807, 2.05) is 13.8 Å². The molecular weight excluding hydrogens is 384 g/mol. The van der Waals surface area contributed by atoms with Crippen LogP contribution in [0.4, 0.5) is 0 Å². The maximum absolute atomic E-state index is 12.7. The number of methoxy groups -OCH3 is 2. The van der Waals surface area contributed by atoms with Gasteiger partial charge in [-0.15, -0.1) is 12.4 Å². The molecular formula is C16H25ClN2O6S. The van der Waals surface area contributed by atoms with E-state index in [-0.39, 0.29) is 35.0 Å². The van der Waals surface area contributed by atoms with Gasteiger partial charge in [0, 0.05) is 12.1 Å². The highest BCUT2D eigenvalue weighted by Gasteiger charge is 2.28. The molecule has 0 bridgehead atoms. The molecule has 10 heteroatoms. The van der Waals surface area contributed by atoms with E-state index in [0.29, 0.717) is 12.8 Å². The maximum Gasteiger partial charge on any atom is 0.339 e. The lowest BCUT2D eigenvalue weighted by Gasteiger charge is -2.26. The van der Waals surface area contributed by atoms with Crippen molar-refractivity contribution >= 4 is 34.4 Å². The van der Waals surface area contributed by atoms with Crippen molar-refractivity contribution < 1.29 is 27.5 Å². The molecule has 0 heterocycles. The second-order valence-corrected chi connectivity index (χ2v) is 7.32. The Morgan fingerprint density at radius 2 is 1.65 bits per heavy atom. The highest BCUT2D eigenvalue weighted by Crippen LogP contribution is 2.20. The number of ether oxygens (including phenoxy) is 2. The van der Waals surface area contributed by atoms with Gasteiger partial charge < -0.3 is 15.2 Å². The van der Waals surface area contributed by atoms with Gasteiger partial charge in [0.05, 0.1) is 30.2 Å². The monoisotopic (exact) mass is 408 g/mol. The molecule has 0 amide bonds. The number of carbonyl (C=O) groups is 2. The fourth-order valence-electron chi connectivity index (χ4n) is 2.08. The van der Waals surface area contributed by atoms with Crippen LogP contribution in [0.25, 0.3) is 0 Å². The fourth-order valence-corrected chi connectivity index (χ4v) is 3.44. The lowest BCUT2D eigenvalue weighted by molar-refractivity contribution is 0.0583. The number of sulfonamides is 1. The van der Waals surface area contributed by atoms with Gasteiger partial charge >= 0.3 is 11.9 Å². The van der Waals surface area contributed by atoms with E-state index in [1.54, 1.807) is 0 Å². The number of esters is 2. The molecule has 0 unspecified atom stereocenters. The van der Waals surface area contributed by atoms with Gasteiger partial charge in [-0.3, -0.25) is 0 Å². The Hall–Kier alpha value is -1.68. The van der Waals surface area contributed by atoms with Crippen LogP contribution in [0.3, 0.4) is 0 Å². The van der Waals surface area contributed by atoms with E-state index < -0.39 is 27.5 Å². The molecule has 0 fully saturated rings. The quantitative estimate of drug-likeness (QED) is 0.624. The average molecular weight is 409 g/mol. The lowest BCUT2D eigenvalue weighted by atomic mass is 9.95. The van der Waals surface area contributed by atoms with Gasteiger partial charge in [-0.1, -0.05) is 13.8 Å². The van der Waals surface area contributed by atoms with Crippen LogP contribution in [0.1, 0.15) is 47.4 Å². The van der Waals surface area contributed by atoms with Gasteiger partial charge in [-0.05, 0) is 31.0 Å². The number of hydrogen-bond acceptors (Lipinski definition) is 7. The van der Waals surface area contributed by atoms with Gasteiger partial charge in [0.15, 0.2) is 0 Å². The molecule has 0 aliphatic heterocycles. The van der Waals surface area contributed by atoms with Gasteiger partial charge in [-0.2, -0.15) is 0 Å². The molecule has 26 heavy (non-hydrogen) atoms. The number of carbonyl (C=O) groups excluding carboxylic acids is 2. The first-order chi connectivity index (χ1) is 11.6. The number of benzene rings is 1. The highest BCUT2D eigenvalue weighted by molar-refractivity contribution is 7.89. The third kappa shape index (κ3) is 5.66. The fraction of sp³-hybridized carbons (Fsp3) is 0.500. The molecule has 3 N–H and O–H groups in total. The largest absolute Gasteiger partial charge is 0.465 e. The second kappa shape index (κ2) is 9.86. The molecule has 0 aromatic heterocycles. The van der Waals surface area contributed by atoms with Crippen LogP contribution >= 0.6 is 12.4 Å². The summed E-state index contributed by atoms with van der Waals surface area (Å²) >= 11 is 0. The molecule has 148 valence electrons. The van der Waals surface area contributed by atoms with E-state index in [2.05, 4.69) is 14.2 Å². The van der Waals surface area contributed by atoms with Crippen molar-refractivity contribution in [2.75, 3.05) is 20.8 Å². The summed E-state index contributed by atoms with van der Waals surface area (Å²) < 4.78 is 37.0. The Labute approximate surface area is 159 Å². The van der Waals surface area contributed by atoms with Crippen LogP contribution in [0, 0.1) is 0 Å². The van der Waals surface area contributed by atoms with Crippen molar-refractivity contribution in [2.45, 2.75) is 37.1 Å². The van der Waals surface area contributed by atoms with E-state index in [4.69, 9.17) is 5.73 Å². The van der Waals surface area contributed by atoms with Gasteiger partial charge in [0.1, 0.15) is 0 Å². The minimum Gasteiger partial charge on any atom is -0.465 e. The highest BCUT2D eigenvalue weighted by atomic mass is 35.5. The van der Waals surface area contributed by atoms with Crippen molar-refractivity contribution in [3.8, 4) is 0 Å². The Bertz CT molecular complexity index is 747. The third-order valence-electron chi connectivity index (χ3n) is 4.12. The predicted octanol–water partition coefficient (Wildman–Crippen LogP) is 1.48. The summed E-state index contributed by atoms with van der Waals surface area (Å²) in [5, 5.41) is 0. The Morgan fingerprint density at radius 1 is 1.12 bits per heavy atom. The number of nitrogens with one attached hydrogen (secondary N) is 1. The Balaban J connectivity index is 0.00000625. The molecule has 8 nitrogen and oxygen atoms in total. The normalized spacial score (nSPS) is 11.4. The zero-order valence-electron chi connectivity index (χ0n) is 15.2. The van der Waals surface area contributed by atoms with Crippen LogP contribution in [0.15, 0.2) is 23.1 Å². The Kier molecular flexibility index (Phi) is 9.23. The molecule has 1 aromatic carbocycles. The summed E-state index contributed by atoms with van der Waals surface area (Å²) in [6.07, 6.45) is 1.14. The zero-order chi connectivity index (χ0) is 19.3. The number of nitrogens with two attached hydrogens (primary N) is 1. The number of halogens is 1. The molecule has 0 saturated carbocycles. The van der Waals surface area contributed by atoms with Crippen molar-refractivity contribution in [3.63, 3.8) is 0 Å². The van der Waals surface area contributed by atoms with E-state index in [9.17, 15) is 18.0 Å².